The Morgan fingerprint density at radius 1 is 1.47 bits per heavy atom. The number of rotatable bonds is 5. The number of hydrogen-bond donors (Lipinski definition) is 2. The smallest absolute Gasteiger partial charge is 0.174 e. The highest BCUT2D eigenvalue weighted by Crippen LogP contribution is 2.23. The largest absolute Gasteiger partial charge is 0.409 e. The van der Waals surface area contributed by atoms with Crippen molar-refractivity contribution >= 4 is 11.5 Å². The van der Waals surface area contributed by atoms with Gasteiger partial charge in [-0.05, 0) is 32.3 Å². The number of hydrogen-bond acceptors (Lipinski definition) is 4. The zero-order valence-electron chi connectivity index (χ0n) is 12.4. The van der Waals surface area contributed by atoms with Crippen LogP contribution in [0.3, 0.4) is 0 Å². The third kappa shape index (κ3) is 3.84. The van der Waals surface area contributed by atoms with Gasteiger partial charge < -0.3 is 15.8 Å². The normalized spacial score (nSPS) is 12.0. The second-order valence-corrected chi connectivity index (χ2v) is 5.33. The topological polar surface area (TPSA) is 74.7 Å². The Morgan fingerprint density at radius 2 is 2.11 bits per heavy atom. The quantitative estimate of drug-likeness (QED) is 0.370. The van der Waals surface area contributed by atoms with E-state index in [2.05, 4.69) is 28.9 Å². The van der Waals surface area contributed by atoms with Gasteiger partial charge in [0.1, 0.15) is 0 Å². The lowest BCUT2D eigenvalue weighted by Crippen LogP contribution is -2.26. The second kappa shape index (κ2) is 6.41. The van der Waals surface area contributed by atoms with Crippen LogP contribution in [0.1, 0.15) is 37.2 Å². The number of aryl methyl sites for hydroxylation is 2. The molecule has 0 unspecified atom stereocenters. The van der Waals surface area contributed by atoms with Crippen molar-refractivity contribution in [3.63, 3.8) is 0 Å². The van der Waals surface area contributed by atoms with Gasteiger partial charge in [-0.2, -0.15) is 0 Å². The minimum atomic E-state index is 0.108. The van der Waals surface area contributed by atoms with E-state index in [1.807, 2.05) is 27.0 Å². The van der Waals surface area contributed by atoms with Crippen molar-refractivity contribution in [2.24, 2.45) is 16.8 Å². The number of anilines is 1. The summed E-state index contributed by atoms with van der Waals surface area (Å²) in [6.45, 7) is 9.14. The Labute approximate surface area is 115 Å². The molecule has 0 bridgehead atoms. The summed E-state index contributed by atoms with van der Waals surface area (Å²) in [4.78, 5) is 6.52. The summed E-state index contributed by atoms with van der Waals surface area (Å²) in [5.41, 5.74) is 9.15. The molecule has 0 aromatic carbocycles. The van der Waals surface area contributed by atoms with Crippen molar-refractivity contribution < 1.29 is 5.21 Å². The molecule has 1 aromatic heterocycles. The van der Waals surface area contributed by atoms with Crippen LogP contribution in [-0.4, -0.2) is 29.6 Å². The molecule has 0 aliphatic carbocycles. The van der Waals surface area contributed by atoms with E-state index < -0.39 is 0 Å². The Kier molecular flexibility index (Phi) is 5.15. The van der Waals surface area contributed by atoms with Crippen LogP contribution < -0.4 is 10.6 Å². The molecule has 1 rings (SSSR count). The van der Waals surface area contributed by atoms with Gasteiger partial charge in [-0.3, -0.25) is 4.98 Å². The lowest BCUT2D eigenvalue weighted by molar-refractivity contribution is 0.318. The maximum atomic E-state index is 8.92. The first-order chi connectivity index (χ1) is 8.86. The molecule has 0 aliphatic heterocycles. The van der Waals surface area contributed by atoms with Gasteiger partial charge in [0, 0.05) is 19.3 Å². The van der Waals surface area contributed by atoms with Gasteiger partial charge in [-0.15, -0.1) is 0 Å². The minimum Gasteiger partial charge on any atom is -0.409 e. The van der Waals surface area contributed by atoms with Crippen LogP contribution in [0.4, 0.5) is 5.69 Å². The van der Waals surface area contributed by atoms with Gasteiger partial charge in [0.15, 0.2) is 5.84 Å². The van der Waals surface area contributed by atoms with E-state index in [1.165, 1.54) is 0 Å². The second-order valence-electron chi connectivity index (χ2n) is 5.33. The first-order valence-electron chi connectivity index (χ1n) is 6.54. The van der Waals surface area contributed by atoms with E-state index in [-0.39, 0.29) is 5.84 Å². The Balaban J connectivity index is 3.17. The third-order valence-electron chi connectivity index (χ3n) is 3.12. The molecule has 1 aromatic rings. The minimum absolute atomic E-state index is 0.108. The lowest BCUT2D eigenvalue weighted by atomic mass is 10.1. The molecule has 0 atom stereocenters. The standard InChI is InChI=1S/C14H24N4O/c1-9(2)6-7-18(5)12-8-10(3)16-11(4)13(12)14(15)17-19/h8-9,19H,6-7H2,1-5H3,(H2,15,17). The molecule has 106 valence electrons. The van der Waals surface area contributed by atoms with E-state index in [9.17, 15) is 0 Å². The van der Waals surface area contributed by atoms with E-state index in [4.69, 9.17) is 10.9 Å². The molecule has 0 aliphatic rings. The summed E-state index contributed by atoms with van der Waals surface area (Å²) in [5.74, 6) is 0.746. The average molecular weight is 264 g/mol. The van der Waals surface area contributed by atoms with Crippen molar-refractivity contribution in [3.05, 3.63) is 23.0 Å². The number of pyridine rings is 1. The molecule has 0 saturated carbocycles. The molecule has 5 nitrogen and oxygen atoms in total. The Bertz CT molecular complexity index is 469. The van der Waals surface area contributed by atoms with Gasteiger partial charge in [-0.1, -0.05) is 19.0 Å². The van der Waals surface area contributed by atoms with Crippen LogP contribution in [0.15, 0.2) is 11.2 Å². The lowest BCUT2D eigenvalue weighted by Gasteiger charge is -2.24. The highest BCUT2D eigenvalue weighted by atomic mass is 16.4. The molecule has 3 N–H and O–H groups in total. The van der Waals surface area contributed by atoms with Gasteiger partial charge >= 0.3 is 0 Å². The first kappa shape index (κ1) is 15.3. The van der Waals surface area contributed by atoms with Crippen molar-refractivity contribution in [1.29, 1.82) is 0 Å². The van der Waals surface area contributed by atoms with E-state index in [1.54, 1.807) is 0 Å². The van der Waals surface area contributed by atoms with Gasteiger partial charge in [0.2, 0.25) is 0 Å². The molecule has 0 radical (unpaired) electrons. The number of amidine groups is 1. The highest BCUT2D eigenvalue weighted by molar-refractivity contribution is 6.03. The molecule has 1 heterocycles. The third-order valence-corrected chi connectivity index (χ3v) is 3.12. The summed E-state index contributed by atoms with van der Waals surface area (Å²) in [7, 11) is 2.02. The molecular formula is C14H24N4O. The van der Waals surface area contributed by atoms with Crippen LogP contribution in [-0.2, 0) is 0 Å². The highest BCUT2D eigenvalue weighted by Gasteiger charge is 2.16. The predicted molar refractivity (Wildman–Crippen MR) is 78.9 cm³/mol. The van der Waals surface area contributed by atoms with Crippen LogP contribution in [0.5, 0.6) is 0 Å². The summed E-state index contributed by atoms with van der Waals surface area (Å²) in [5, 5.41) is 12.0. The SMILES string of the molecule is Cc1cc(N(C)CCC(C)C)c(/C(N)=N/O)c(C)n1. The van der Waals surface area contributed by atoms with Gasteiger partial charge in [-0.25, -0.2) is 0 Å². The van der Waals surface area contributed by atoms with Crippen molar-refractivity contribution in [1.82, 2.24) is 4.98 Å². The maximum Gasteiger partial charge on any atom is 0.174 e. The molecule has 0 saturated heterocycles. The first-order valence-corrected chi connectivity index (χ1v) is 6.54. The molecule has 0 fully saturated rings. The Hall–Kier alpha value is -1.78. The van der Waals surface area contributed by atoms with Crippen LogP contribution in [0.2, 0.25) is 0 Å². The molecule has 0 amide bonds. The number of oxime groups is 1. The van der Waals surface area contributed by atoms with Crippen molar-refractivity contribution in [3.8, 4) is 0 Å². The monoisotopic (exact) mass is 264 g/mol. The number of nitrogens with two attached hydrogens (primary N) is 1. The number of aromatic nitrogens is 1. The molecular weight excluding hydrogens is 240 g/mol. The summed E-state index contributed by atoms with van der Waals surface area (Å²) >= 11 is 0. The maximum absolute atomic E-state index is 8.92. The Morgan fingerprint density at radius 3 is 2.63 bits per heavy atom. The summed E-state index contributed by atoms with van der Waals surface area (Å²) in [6.07, 6.45) is 1.09. The summed E-state index contributed by atoms with van der Waals surface area (Å²) < 4.78 is 0. The fourth-order valence-corrected chi connectivity index (χ4v) is 2.05. The average Bonchev–Trinajstić information content (AvgIpc) is 2.34. The number of nitrogens with zero attached hydrogens (tertiary/aromatic N) is 3. The summed E-state index contributed by atoms with van der Waals surface area (Å²) in [6, 6.07) is 1.97. The fraction of sp³-hybridized carbons (Fsp3) is 0.571. The van der Waals surface area contributed by atoms with Crippen LogP contribution >= 0.6 is 0 Å². The molecule has 5 heteroatoms. The van der Waals surface area contributed by atoms with Gasteiger partial charge in [0.05, 0.1) is 16.9 Å². The van der Waals surface area contributed by atoms with Crippen molar-refractivity contribution in [2.45, 2.75) is 34.1 Å². The van der Waals surface area contributed by atoms with E-state index in [0.29, 0.717) is 11.5 Å². The fourth-order valence-electron chi connectivity index (χ4n) is 2.05. The predicted octanol–water partition coefficient (Wildman–Crippen LogP) is 2.28. The zero-order chi connectivity index (χ0) is 14.6. The van der Waals surface area contributed by atoms with Gasteiger partial charge in [0.25, 0.3) is 0 Å². The van der Waals surface area contributed by atoms with Crippen LogP contribution in [0, 0.1) is 19.8 Å². The van der Waals surface area contributed by atoms with E-state index >= 15 is 0 Å². The zero-order valence-corrected chi connectivity index (χ0v) is 12.4. The molecule has 19 heavy (non-hydrogen) atoms. The van der Waals surface area contributed by atoms with E-state index in [0.717, 1.165) is 30.0 Å². The van der Waals surface area contributed by atoms with Crippen molar-refractivity contribution in [2.75, 3.05) is 18.5 Å². The molecule has 0 spiro atoms. The van der Waals surface area contributed by atoms with Crippen LogP contribution in [0.25, 0.3) is 0 Å².